The lowest BCUT2D eigenvalue weighted by atomic mass is 10.1. The summed E-state index contributed by atoms with van der Waals surface area (Å²) in [7, 11) is 0. The number of hydrogen-bond acceptors (Lipinski definition) is 5. The first-order valence-electron chi connectivity index (χ1n) is 6.82. The van der Waals surface area contributed by atoms with E-state index in [1.165, 1.54) is 12.1 Å². The third-order valence-electron chi connectivity index (χ3n) is 3.66. The molecule has 0 radical (unpaired) electrons. The maximum Gasteiger partial charge on any atom is 0.270 e. The van der Waals surface area contributed by atoms with Crippen LogP contribution in [0.4, 0.5) is 5.69 Å². The summed E-state index contributed by atoms with van der Waals surface area (Å²) in [6, 6.07) is 4.62. The molecule has 1 aromatic carbocycles. The second kappa shape index (κ2) is 6.19. The molecule has 0 heterocycles. The highest BCUT2D eigenvalue weighted by Gasteiger charge is 2.41. The average Bonchev–Trinajstić information content (AvgIpc) is 3.21. The number of aliphatic hydroxyl groups excluding tert-OH is 1. The highest BCUT2D eigenvalue weighted by atomic mass is 16.6. The molecule has 0 spiro atoms. The second-order valence-electron chi connectivity index (χ2n) is 5.24. The third-order valence-corrected chi connectivity index (χ3v) is 3.66. The van der Waals surface area contributed by atoms with E-state index in [1.54, 1.807) is 6.07 Å². The molecular weight excluding hydrogens is 260 g/mol. The molecule has 0 aromatic heterocycles. The minimum atomic E-state index is -0.407. The Labute approximate surface area is 117 Å². The van der Waals surface area contributed by atoms with Gasteiger partial charge in [0.1, 0.15) is 5.75 Å². The standard InChI is InChI=1S/C14H20N2O4/c1-2-20-13-4-3-12(16(18)19)7-11(13)8-15-9-14(10-17)5-6-14/h3-4,7,15,17H,2,5-6,8-10H2,1H3. The molecule has 0 aliphatic heterocycles. The van der Waals surface area contributed by atoms with Crippen molar-refractivity contribution in [2.24, 2.45) is 5.41 Å². The fourth-order valence-corrected chi connectivity index (χ4v) is 2.14. The maximum atomic E-state index is 10.8. The van der Waals surface area contributed by atoms with Crippen LogP contribution in [0.2, 0.25) is 0 Å². The molecule has 6 nitrogen and oxygen atoms in total. The van der Waals surface area contributed by atoms with E-state index in [1.807, 2.05) is 6.92 Å². The van der Waals surface area contributed by atoms with Crippen molar-refractivity contribution in [3.8, 4) is 5.75 Å². The first-order valence-corrected chi connectivity index (χ1v) is 6.82. The van der Waals surface area contributed by atoms with Crippen LogP contribution in [0, 0.1) is 15.5 Å². The van der Waals surface area contributed by atoms with Gasteiger partial charge in [-0.1, -0.05) is 0 Å². The van der Waals surface area contributed by atoms with Crippen LogP contribution in [0.5, 0.6) is 5.75 Å². The summed E-state index contributed by atoms with van der Waals surface area (Å²) in [5.41, 5.74) is 0.857. The number of ether oxygens (including phenoxy) is 1. The van der Waals surface area contributed by atoms with Crippen molar-refractivity contribution in [3.63, 3.8) is 0 Å². The molecule has 20 heavy (non-hydrogen) atoms. The van der Waals surface area contributed by atoms with Crippen LogP contribution < -0.4 is 10.1 Å². The van der Waals surface area contributed by atoms with Crippen molar-refractivity contribution in [2.75, 3.05) is 19.8 Å². The molecule has 0 atom stereocenters. The van der Waals surface area contributed by atoms with Gasteiger partial charge in [0, 0.05) is 42.8 Å². The molecule has 2 N–H and O–H groups in total. The van der Waals surface area contributed by atoms with Crippen LogP contribution >= 0.6 is 0 Å². The van der Waals surface area contributed by atoms with Crippen molar-refractivity contribution in [2.45, 2.75) is 26.3 Å². The van der Waals surface area contributed by atoms with Crippen molar-refractivity contribution in [1.29, 1.82) is 0 Å². The monoisotopic (exact) mass is 280 g/mol. The number of rotatable bonds is 8. The topological polar surface area (TPSA) is 84.6 Å². The van der Waals surface area contributed by atoms with Crippen molar-refractivity contribution in [3.05, 3.63) is 33.9 Å². The lowest BCUT2D eigenvalue weighted by molar-refractivity contribution is -0.384. The minimum Gasteiger partial charge on any atom is -0.494 e. The molecule has 6 heteroatoms. The van der Waals surface area contributed by atoms with Gasteiger partial charge >= 0.3 is 0 Å². The smallest absolute Gasteiger partial charge is 0.270 e. The lowest BCUT2D eigenvalue weighted by Gasteiger charge is -2.14. The zero-order valence-electron chi connectivity index (χ0n) is 11.6. The molecule has 110 valence electrons. The number of nitro benzene ring substituents is 1. The van der Waals surface area contributed by atoms with E-state index < -0.39 is 4.92 Å². The zero-order valence-corrected chi connectivity index (χ0v) is 11.6. The Balaban J connectivity index is 2.03. The summed E-state index contributed by atoms with van der Waals surface area (Å²) in [5.74, 6) is 0.666. The SMILES string of the molecule is CCOc1ccc([N+](=O)[O-])cc1CNCC1(CO)CC1. The highest BCUT2D eigenvalue weighted by Crippen LogP contribution is 2.44. The van der Waals surface area contributed by atoms with Gasteiger partial charge in [-0.15, -0.1) is 0 Å². The Morgan fingerprint density at radius 1 is 1.50 bits per heavy atom. The largest absolute Gasteiger partial charge is 0.494 e. The third kappa shape index (κ3) is 3.46. The van der Waals surface area contributed by atoms with Crippen LogP contribution in [0.1, 0.15) is 25.3 Å². The Hall–Kier alpha value is -1.66. The summed E-state index contributed by atoms with van der Waals surface area (Å²) in [5, 5.41) is 23.3. The van der Waals surface area contributed by atoms with Crippen LogP contribution in [-0.2, 0) is 6.54 Å². The number of benzene rings is 1. The molecule has 0 amide bonds. The summed E-state index contributed by atoms with van der Waals surface area (Å²) < 4.78 is 5.48. The molecule has 1 aromatic rings. The van der Waals surface area contributed by atoms with E-state index in [0.717, 1.165) is 24.9 Å². The van der Waals surface area contributed by atoms with E-state index in [9.17, 15) is 15.2 Å². The Morgan fingerprint density at radius 2 is 2.25 bits per heavy atom. The van der Waals surface area contributed by atoms with E-state index in [2.05, 4.69) is 5.32 Å². The van der Waals surface area contributed by atoms with E-state index >= 15 is 0 Å². The Morgan fingerprint density at radius 3 is 2.80 bits per heavy atom. The van der Waals surface area contributed by atoms with Crippen molar-refractivity contribution >= 4 is 5.69 Å². The molecule has 0 unspecified atom stereocenters. The molecule has 0 saturated heterocycles. The van der Waals surface area contributed by atoms with Gasteiger partial charge in [0.15, 0.2) is 0 Å². The van der Waals surface area contributed by atoms with Gasteiger partial charge in [-0.3, -0.25) is 10.1 Å². The van der Waals surface area contributed by atoms with Crippen molar-refractivity contribution in [1.82, 2.24) is 5.32 Å². The van der Waals surface area contributed by atoms with Gasteiger partial charge in [-0.2, -0.15) is 0 Å². The van der Waals surface area contributed by atoms with Gasteiger partial charge in [0.05, 0.1) is 11.5 Å². The molecule has 1 aliphatic carbocycles. The number of non-ortho nitro benzene ring substituents is 1. The van der Waals surface area contributed by atoms with E-state index in [4.69, 9.17) is 4.74 Å². The average molecular weight is 280 g/mol. The molecule has 1 fully saturated rings. The first-order chi connectivity index (χ1) is 9.60. The molecule has 1 saturated carbocycles. The molecule has 2 rings (SSSR count). The molecular formula is C14H20N2O4. The van der Waals surface area contributed by atoms with Gasteiger partial charge < -0.3 is 15.2 Å². The highest BCUT2D eigenvalue weighted by molar-refractivity contribution is 5.43. The quantitative estimate of drug-likeness (QED) is 0.561. The first kappa shape index (κ1) is 14.7. The van der Waals surface area contributed by atoms with E-state index in [-0.39, 0.29) is 17.7 Å². The van der Waals surface area contributed by atoms with Gasteiger partial charge in [0.25, 0.3) is 5.69 Å². The minimum absolute atomic E-state index is 0.0203. The fraction of sp³-hybridized carbons (Fsp3) is 0.571. The van der Waals surface area contributed by atoms with Gasteiger partial charge in [-0.05, 0) is 25.8 Å². The maximum absolute atomic E-state index is 10.8. The van der Waals surface area contributed by atoms with Crippen LogP contribution in [0.3, 0.4) is 0 Å². The number of aliphatic hydroxyl groups is 1. The number of hydrogen-bond donors (Lipinski definition) is 2. The van der Waals surface area contributed by atoms with Crippen LogP contribution in [-0.4, -0.2) is 29.8 Å². The summed E-state index contributed by atoms with van der Waals surface area (Å²) >= 11 is 0. The number of nitrogens with zero attached hydrogens (tertiary/aromatic N) is 1. The number of nitro groups is 1. The van der Waals surface area contributed by atoms with Crippen LogP contribution in [0.25, 0.3) is 0 Å². The molecule has 0 bridgehead atoms. The number of nitrogens with one attached hydrogen (secondary N) is 1. The Kier molecular flexibility index (Phi) is 4.57. The van der Waals surface area contributed by atoms with Gasteiger partial charge in [0.2, 0.25) is 0 Å². The molecule has 1 aliphatic rings. The lowest BCUT2D eigenvalue weighted by Crippen LogP contribution is -2.26. The van der Waals surface area contributed by atoms with Crippen molar-refractivity contribution < 1.29 is 14.8 Å². The Bertz CT molecular complexity index is 486. The zero-order chi connectivity index (χ0) is 14.6. The normalized spacial score (nSPS) is 15.9. The van der Waals surface area contributed by atoms with Crippen LogP contribution in [0.15, 0.2) is 18.2 Å². The summed E-state index contributed by atoms with van der Waals surface area (Å²) in [6.07, 6.45) is 2.06. The predicted octanol–water partition coefficient (Wildman–Crippen LogP) is 1.86. The second-order valence-corrected chi connectivity index (χ2v) is 5.24. The predicted molar refractivity (Wildman–Crippen MR) is 74.7 cm³/mol. The van der Waals surface area contributed by atoms with Gasteiger partial charge in [-0.25, -0.2) is 0 Å². The van der Waals surface area contributed by atoms with E-state index in [0.29, 0.717) is 18.9 Å². The summed E-state index contributed by atoms with van der Waals surface area (Å²) in [6.45, 7) is 3.80. The fourth-order valence-electron chi connectivity index (χ4n) is 2.14. The summed E-state index contributed by atoms with van der Waals surface area (Å²) in [4.78, 5) is 10.4.